The van der Waals surface area contributed by atoms with Crippen molar-refractivity contribution in [3.8, 4) is 17.1 Å². The van der Waals surface area contributed by atoms with Crippen molar-refractivity contribution in [1.29, 1.82) is 0 Å². The molecule has 8 heteroatoms. The van der Waals surface area contributed by atoms with Crippen LogP contribution in [-0.4, -0.2) is 45.6 Å². The van der Waals surface area contributed by atoms with Crippen molar-refractivity contribution in [2.75, 3.05) is 25.8 Å². The number of methoxy groups -OCH3 is 1. The predicted molar refractivity (Wildman–Crippen MR) is 115 cm³/mol. The summed E-state index contributed by atoms with van der Waals surface area (Å²) in [6, 6.07) is 15.7. The molecule has 0 radical (unpaired) electrons. The summed E-state index contributed by atoms with van der Waals surface area (Å²) in [4.78, 5) is 14.2. The van der Waals surface area contributed by atoms with E-state index in [0.717, 1.165) is 23.3 Å². The van der Waals surface area contributed by atoms with Gasteiger partial charge in [0.1, 0.15) is 5.75 Å². The SMILES string of the molecule is CCc1ccc(CN(C)C(=O)CSc2nnc(-c3ccc(OC)cc3)n2N)cc1. The minimum absolute atomic E-state index is 0.00330. The number of aromatic nitrogens is 3. The van der Waals surface area contributed by atoms with Gasteiger partial charge in [0.15, 0.2) is 5.82 Å². The van der Waals surface area contributed by atoms with E-state index in [1.807, 2.05) is 24.3 Å². The fourth-order valence-electron chi connectivity index (χ4n) is 2.79. The number of carbonyl (C=O) groups is 1. The summed E-state index contributed by atoms with van der Waals surface area (Å²) in [7, 11) is 3.41. The topological polar surface area (TPSA) is 86.3 Å². The number of thioether (sulfide) groups is 1. The number of nitrogen functional groups attached to an aromatic ring is 1. The van der Waals surface area contributed by atoms with Gasteiger partial charge in [0, 0.05) is 19.2 Å². The molecule has 1 aromatic heterocycles. The highest BCUT2D eigenvalue weighted by molar-refractivity contribution is 7.99. The monoisotopic (exact) mass is 411 g/mol. The lowest BCUT2D eigenvalue weighted by molar-refractivity contribution is -0.127. The lowest BCUT2D eigenvalue weighted by Crippen LogP contribution is -2.28. The molecule has 1 amide bonds. The molecule has 2 aromatic carbocycles. The molecule has 0 saturated carbocycles. The molecule has 7 nitrogen and oxygen atoms in total. The maximum Gasteiger partial charge on any atom is 0.233 e. The first-order valence-electron chi connectivity index (χ1n) is 9.31. The Kier molecular flexibility index (Phi) is 6.77. The summed E-state index contributed by atoms with van der Waals surface area (Å²) in [6.07, 6.45) is 1.00. The number of aryl methyl sites for hydroxylation is 1. The molecule has 0 fully saturated rings. The van der Waals surface area contributed by atoms with E-state index < -0.39 is 0 Å². The molecule has 2 N–H and O–H groups in total. The molecule has 0 bridgehead atoms. The molecular formula is C21H25N5O2S. The highest BCUT2D eigenvalue weighted by Gasteiger charge is 2.16. The molecule has 0 unspecified atom stereocenters. The molecule has 152 valence electrons. The summed E-state index contributed by atoms with van der Waals surface area (Å²) in [5.74, 6) is 7.66. The zero-order valence-electron chi connectivity index (χ0n) is 16.8. The van der Waals surface area contributed by atoms with Crippen LogP contribution in [0, 0.1) is 0 Å². The number of ether oxygens (including phenoxy) is 1. The highest BCUT2D eigenvalue weighted by atomic mass is 32.2. The summed E-state index contributed by atoms with van der Waals surface area (Å²) in [6.45, 7) is 2.69. The Balaban J connectivity index is 1.58. The van der Waals surface area contributed by atoms with Gasteiger partial charge < -0.3 is 15.5 Å². The van der Waals surface area contributed by atoms with Crippen LogP contribution < -0.4 is 10.6 Å². The quantitative estimate of drug-likeness (QED) is 0.453. The van der Waals surface area contributed by atoms with Gasteiger partial charge in [0.2, 0.25) is 11.1 Å². The normalized spacial score (nSPS) is 10.7. The minimum atomic E-state index is 0.00330. The van der Waals surface area contributed by atoms with E-state index in [9.17, 15) is 4.79 Å². The predicted octanol–water partition coefficient (Wildman–Crippen LogP) is 2.98. The molecule has 0 atom stereocenters. The number of hydrogen-bond acceptors (Lipinski definition) is 6. The molecule has 0 aliphatic heterocycles. The van der Waals surface area contributed by atoms with E-state index in [4.69, 9.17) is 10.6 Å². The maximum atomic E-state index is 12.5. The number of rotatable bonds is 8. The lowest BCUT2D eigenvalue weighted by Gasteiger charge is -2.17. The third-order valence-corrected chi connectivity index (χ3v) is 5.54. The van der Waals surface area contributed by atoms with E-state index in [2.05, 4.69) is 41.4 Å². The Bertz CT molecular complexity index is 954. The molecule has 1 heterocycles. The van der Waals surface area contributed by atoms with Gasteiger partial charge in [0.05, 0.1) is 12.9 Å². The Morgan fingerprint density at radius 2 is 1.76 bits per heavy atom. The number of amides is 1. The first kappa shape index (κ1) is 20.7. The van der Waals surface area contributed by atoms with Gasteiger partial charge in [-0.3, -0.25) is 4.79 Å². The summed E-state index contributed by atoms with van der Waals surface area (Å²) in [5.41, 5.74) is 3.21. The van der Waals surface area contributed by atoms with Gasteiger partial charge in [-0.2, -0.15) is 0 Å². The molecule has 0 spiro atoms. The number of hydrogen-bond donors (Lipinski definition) is 1. The second kappa shape index (κ2) is 9.47. The van der Waals surface area contributed by atoms with E-state index >= 15 is 0 Å². The Morgan fingerprint density at radius 1 is 1.10 bits per heavy atom. The van der Waals surface area contributed by atoms with Gasteiger partial charge in [-0.05, 0) is 41.8 Å². The fourth-order valence-corrected chi connectivity index (χ4v) is 3.59. The van der Waals surface area contributed by atoms with Crippen LogP contribution in [0.15, 0.2) is 53.7 Å². The fraction of sp³-hybridized carbons (Fsp3) is 0.286. The molecule has 0 aliphatic rings. The van der Waals surface area contributed by atoms with Crippen LogP contribution >= 0.6 is 11.8 Å². The standard InChI is InChI=1S/C21H25N5O2S/c1-4-15-5-7-16(8-6-15)13-25(2)19(27)14-29-21-24-23-20(26(21)22)17-9-11-18(28-3)12-10-17/h5-12H,4,13-14,22H2,1-3H3. The highest BCUT2D eigenvalue weighted by Crippen LogP contribution is 2.23. The third kappa shape index (κ3) is 5.08. The number of nitrogens with two attached hydrogens (primary N) is 1. The van der Waals surface area contributed by atoms with Crippen LogP contribution in [0.4, 0.5) is 0 Å². The molecule has 3 aromatic rings. The molecule has 0 aliphatic carbocycles. The average Bonchev–Trinajstić information content (AvgIpc) is 3.12. The summed E-state index contributed by atoms with van der Waals surface area (Å²) < 4.78 is 6.57. The molecule has 3 rings (SSSR count). The zero-order valence-corrected chi connectivity index (χ0v) is 17.6. The van der Waals surface area contributed by atoms with E-state index in [1.165, 1.54) is 22.0 Å². The Labute approximate surface area is 174 Å². The first-order valence-corrected chi connectivity index (χ1v) is 10.3. The van der Waals surface area contributed by atoms with Crippen LogP contribution in [0.5, 0.6) is 5.75 Å². The van der Waals surface area contributed by atoms with Gasteiger partial charge in [0.25, 0.3) is 0 Å². The van der Waals surface area contributed by atoms with Crippen molar-refractivity contribution in [1.82, 2.24) is 19.8 Å². The number of carbonyl (C=O) groups excluding carboxylic acids is 1. The van der Waals surface area contributed by atoms with Gasteiger partial charge >= 0.3 is 0 Å². The van der Waals surface area contributed by atoms with Crippen LogP contribution in [0.25, 0.3) is 11.4 Å². The minimum Gasteiger partial charge on any atom is -0.497 e. The largest absolute Gasteiger partial charge is 0.497 e. The second-order valence-electron chi connectivity index (χ2n) is 6.61. The summed E-state index contributed by atoms with van der Waals surface area (Å²) >= 11 is 1.27. The maximum absolute atomic E-state index is 12.5. The van der Waals surface area contributed by atoms with Crippen molar-refractivity contribution in [3.63, 3.8) is 0 Å². The second-order valence-corrected chi connectivity index (χ2v) is 7.56. The molecule has 0 saturated heterocycles. The van der Waals surface area contributed by atoms with Crippen molar-refractivity contribution < 1.29 is 9.53 Å². The number of benzene rings is 2. The van der Waals surface area contributed by atoms with Crippen LogP contribution in [0.3, 0.4) is 0 Å². The van der Waals surface area contributed by atoms with Crippen LogP contribution in [0.1, 0.15) is 18.1 Å². The van der Waals surface area contributed by atoms with Gasteiger partial charge in [-0.15, -0.1) is 10.2 Å². The third-order valence-electron chi connectivity index (χ3n) is 4.61. The van der Waals surface area contributed by atoms with Crippen LogP contribution in [-0.2, 0) is 17.8 Å². The van der Waals surface area contributed by atoms with Gasteiger partial charge in [-0.1, -0.05) is 43.0 Å². The van der Waals surface area contributed by atoms with Crippen molar-refractivity contribution in [2.45, 2.75) is 25.0 Å². The first-order chi connectivity index (χ1) is 14.0. The van der Waals surface area contributed by atoms with E-state index in [1.54, 1.807) is 19.1 Å². The van der Waals surface area contributed by atoms with Gasteiger partial charge in [-0.25, -0.2) is 4.68 Å². The Hall–Kier alpha value is -3.00. The molecular weight excluding hydrogens is 386 g/mol. The Morgan fingerprint density at radius 3 is 2.38 bits per heavy atom. The average molecular weight is 412 g/mol. The van der Waals surface area contributed by atoms with Crippen molar-refractivity contribution in [3.05, 3.63) is 59.7 Å². The van der Waals surface area contributed by atoms with E-state index in [0.29, 0.717) is 17.5 Å². The van der Waals surface area contributed by atoms with Crippen molar-refractivity contribution >= 4 is 17.7 Å². The zero-order chi connectivity index (χ0) is 20.8. The van der Waals surface area contributed by atoms with E-state index in [-0.39, 0.29) is 11.7 Å². The number of nitrogens with zero attached hydrogens (tertiary/aromatic N) is 4. The lowest BCUT2D eigenvalue weighted by atomic mass is 10.1. The summed E-state index contributed by atoms with van der Waals surface area (Å²) in [5, 5.41) is 8.76. The van der Waals surface area contributed by atoms with Crippen LogP contribution in [0.2, 0.25) is 0 Å². The molecule has 29 heavy (non-hydrogen) atoms. The smallest absolute Gasteiger partial charge is 0.233 e. The van der Waals surface area contributed by atoms with Crippen molar-refractivity contribution in [2.24, 2.45) is 0 Å².